The molecule has 1 aliphatic heterocycles. The number of thiophene rings is 1. The Morgan fingerprint density at radius 1 is 1.06 bits per heavy atom. The zero-order valence-electron chi connectivity index (χ0n) is 20.3. The summed E-state index contributed by atoms with van der Waals surface area (Å²) in [5.41, 5.74) is -0.310. The molecule has 0 N–H and O–H groups in total. The monoisotopic (exact) mass is 479 g/mol. The minimum absolute atomic E-state index is 0.0598. The molecule has 6 nitrogen and oxygen atoms in total. The van der Waals surface area contributed by atoms with Crippen LogP contribution in [-0.4, -0.2) is 46.3 Å². The number of benzene rings is 1. The van der Waals surface area contributed by atoms with Crippen LogP contribution in [0.1, 0.15) is 77.6 Å². The standard InChI is InChI=1S/C27H33N3O3S/c1-4-19(2)30-17-22(25(31)23(18-30)27(33)29-13-9-5-6-10-14-29)26(32)28(3)16-21-15-20-11-7-8-12-24(20)34-21/h7-8,11-12,15,17-19H,4-6,9-10,13-14,16H2,1-3H3/t19-/m0/s1. The summed E-state index contributed by atoms with van der Waals surface area (Å²) in [6.07, 6.45) is 8.19. The van der Waals surface area contributed by atoms with E-state index in [1.807, 2.05) is 30.5 Å². The minimum atomic E-state index is -0.470. The number of nitrogens with zero attached hydrogens (tertiary/aromatic N) is 3. The van der Waals surface area contributed by atoms with Gasteiger partial charge in [-0.05, 0) is 43.7 Å². The van der Waals surface area contributed by atoms with Gasteiger partial charge in [-0.25, -0.2) is 0 Å². The van der Waals surface area contributed by atoms with E-state index in [0.717, 1.165) is 42.4 Å². The van der Waals surface area contributed by atoms with E-state index in [1.165, 1.54) is 4.70 Å². The molecule has 3 heterocycles. The third kappa shape index (κ3) is 5.09. The number of hydrogen-bond acceptors (Lipinski definition) is 4. The van der Waals surface area contributed by atoms with Crippen molar-refractivity contribution in [1.29, 1.82) is 0 Å². The van der Waals surface area contributed by atoms with Gasteiger partial charge in [0.2, 0.25) is 5.43 Å². The zero-order valence-corrected chi connectivity index (χ0v) is 21.1. The Labute approximate surface area is 204 Å². The Morgan fingerprint density at radius 3 is 2.41 bits per heavy atom. The molecule has 0 saturated carbocycles. The quantitative estimate of drug-likeness (QED) is 0.481. The van der Waals surface area contributed by atoms with Gasteiger partial charge in [0.15, 0.2) is 0 Å². The highest BCUT2D eigenvalue weighted by Crippen LogP contribution is 2.26. The number of aromatic nitrogens is 1. The molecule has 0 unspecified atom stereocenters. The van der Waals surface area contributed by atoms with Crippen molar-refractivity contribution in [2.45, 2.75) is 58.5 Å². The lowest BCUT2D eigenvalue weighted by molar-refractivity contribution is 0.0758. The van der Waals surface area contributed by atoms with Gasteiger partial charge in [-0.15, -0.1) is 11.3 Å². The molecular formula is C27H33N3O3S. The number of carbonyl (C=O) groups is 2. The molecule has 4 rings (SSSR count). The Hall–Kier alpha value is -2.93. The molecule has 2 aromatic heterocycles. The van der Waals surface area contributed by atoms with Crippen LogP contribution in [-0.2, 0) is 6.54 Å². The van der Waals surface area contributed by atoms with Gasteiger partial charge < -0.3 is 14.4 Å². The molecule has 0 radical (unpaired) electrons. The van der Waals surface area contributed by atoms with E-state index in [-0.39, 0.29) is 29.0 Å². The second kappa shape index (κ2) is 10.6. The van der Waals surface area contributed by atoms with Gasteiger partial charge in [-0.3, -0.25) is 14.4 Å². The summed E-state index contributed by atoms with van der Waals surface area (Å²) in [4.78, 5) is 44.6. The maximum Gasteiger partial charge on any atom is 0.259 e. The summed E-state index contributed by atoms with van der Waals surface area (Å²) < 4.78 is 3.02. The molecule has 2 amide bonds. The molecular weight excluding hydrogens is 446 g/mol. The molecule has 180 valence electrons. The summed E-state index contributed by atoms with van der Waals surface area (Å²) >= 11 is 1.64. The number of hydrogen-bond donors (Lipinski definition) is 0. The lowest BCUT2D eigenvalue weighted by atomic mass is 10.1. The predicted molar refractivity (Wildman–Crippen MR) is 138 cm³/mol. The molecule has 3 aromatic rings. The van der Waals surface area contributed by atoms with Crippen LogP contribution in [0.25, 0.3) is 10.1 Å². The summed E-state index contributed by atoms with van der Waals surface area (Å²) in [6.45, 7) is 5.80. The lowest BCUT2D eigenvalue weighted by Gasteiger charge is -2.23. The number of likely N-dealkylation sites (tertiary alicyclic amines) is 1. The topological polar surface area (TPSA) is 62.6 Å². The fourth-order valence-electron chi connectivity index (χ4n) is 4.44. The molecule has 1 atom stereocenters. The average molecular weight is 480 g/mol. The highest BCUT2D eigenvalue weighted by atomic mass is 32.1. The van der Waals surface area contributed by atoms with E-state index in [9.17, 15) is 14.4 Å². The van der Waals surface area contributed by atoms with Crippen LogP contribution in [0, 0.1) is 0 Å². The van der Waals surface area contributed by atoms with Gasteiger partial charge in [0.1, 0.15) is 11.1 Å². The van der Waals surface area contributed by atoms with Crippen molar-refractivity contribution >= 4 is 33.2 Å². The van der Waals surface area contributed by atoms with E-state index in [1.54, 1.807) is 40.6 Å². The number of fused-ring (bicyclic) bond motifs is 1. The maximum absolute atomic E-state index is 13.4. The number of carbonyl (C=O) groups excluding carboxylic acids is 2. The molecule has 1 aromatic carbocycles. The van der Waals surface area contributed by atoms with E-state index < -0.39 is 5.43 Å². The first-order chi connectivity index (χ1) is 16.4. The van der Waals surface area contributed by atoms with Gasteiger partial charge in [0.05, 0.1) is 6.54 Å². The largest absolute Gasteiger partial charge is 0.350 e. The van der Waals surface area contributed by atoms with Gasteiger partial charge in [-0.1, -0.05) is 38.0 Å². The number of pyridine rings is 1. The predicted octanol–water partition coefficient (Wildman–Crippen LogP) is 5.32. The molecule has 7 heteroatoms. The third-order valence-electron chi connectivity index (χ3n) is 6.72. The highest BCUT2D eigenvalue weighted by Gasteiger charge is 2.26. The van der Waals surface area contributed by atoms with Crippen molar-refractivity contribution < 1.29 is 9.59 Å². The van der Waals surface area contributed by atoms with E-state index in [4.69, 9.17) is 0 Å². The smallest absolute Gasteiger partial charge is 0.259 e. The summed E-state index contributed by atoms with van der Waals surface area (Å²) in [5.74, 6) is -0.615. The van der Waals surface area contributed by atoms with Crippen molar-refractivity contribution in [3.8, 4) is 0 Å². The Kier molecular flexibility index (Phi) is 7.51. The van der Waals surface area contributed by atoms with Crippen LogP contribution >= 0.6 is 11.3 Å². The van der Waals surface area contributed by atoms with Crippen LogP contribution in [0.4, 0.5) is 0 Å². The van der Waals surface area contributed by atoms with Crippen LogP contribution in [0.15, 0.2) is 47.5 Å². The van der Waals surface area contributed by atoms with E-state index >= 15 is 0 Å². The molecule has 1 saturated heterocycles. The minimum Gasteiger partial charge on any atom is -0.350 e. The first-order valence-electron chi connectivity index (χ1n) is 12.2. The molecule has 1 aliphatic rings. The molecule has 0 bridgehead atoms. The Balaban J connectivity index is 1.66. The normalized spacial score (nSPS) is 15.2. The average Bonchev–Trinajstić information content (AvgIpc) is 3.05. The summed E-state index contributed by atoms with van der Waals surface area (Å²) in [6, 6.07) is 10.3. The van der Waals surface area contributed by atoms with Crippen molar-refractivity contribution in [1.82, 2.24) is 14.4 Å². The van der Waals surface area contributed by atoms with Gasteiger partial charge in [0, 0.05) is 48.1 Å². The van der Waals surface area contributed by atoms with E-state index in [0.29, 0.717) is 19.6 Å². The summed E-state index contributed by atoms with van der Waals surface area (Å²) in [7, 11) is 1.71. The number of rotatable bonds is 6. The van der Waals surface area contributed by atoms with Crippen molar-refractivity contribution in [3.05, 3.63) is 69.0 Å². The second-order valence-electron chi connectivity index (χ2n) is 9.24. The van der Waals surface area contributed by atoms with Crippen LogP contribution in [0.5, 0.6) is 0 Å². The maximum atomic E-state index is 13.4. The molecule has 0 spiro atoms. The molecule has 34 heavy (non-hydrogen) atoms. The number of amides is 2. The second-order valence-corrected chi connectivity index (χ2v) is 10.4. The van der Waals surface area contributed by atoms with Crippen LogP contribution < -0.4 is 5.43 Å². The Bertz CT molecular complexity index is 1200. The van der Waals surface area contributed by atoms with Gasteiger partial charge in [-0.2, -0.15) is 0 Å². The third-order valence-corrected chi connectivity index (χ3v) is 7.82. The van der Waals surface area contributed by atoms with Gasteiger partial charge in [0.25, 0.3) is 11.8 Å². The van der Waals surface area contributed by atoms with Crippen LogP contribution in [0.2, 0.25) is 0 Å². The first kappa shape index (κ1) is 24.2. The zero-order chi connectivity index (χ0) is 24.2. The summed E-state index contributed by atoms with van der Waals surface area (Å²) in [5, 5.41) is 1.15. The van der Waals surface area contributed by atoms with Crippen molar-refractivity contribution in [2.24, 2.45) is 0 Å². The van der Waals surface area contributed by atoms with Gasteiger partial charge >= 0.3 is 0 Å². The Morgan fingerprint density at radius 2 is 1.74 bits per heavy atom. The van der Waals surface area contributed by atoms with E-state index in [2.05, 4.69) is 18.2 Å². The van der Waals surface area contributed by atoms with Crippen molar-refractivity contribution in [3.63, 3.8) is 0 Å². The highest BCUT2D eigenvalue weighted by molar-refractivity contribution is 7.19. The molecule has 1 fully saturated rings. The fourth-order valence-corrected chi connectivity index (χ4v) is 5.56. The molecule has 0 aliphatic carbocycles. The lowest BCUT2D eigenvalue weighted by Crippen LogP contribution is -2.38. The fraction of sp³-hybridized carbons (Fsp3) is 0.444. The SMILES string of the molecule is CC[C@H](C)n1cc(C(=O)N(C)Cc2cc3ccccc3s2)c(=O)c(C(=O)N2CCCCCC2)c1. The van der Waals surface area contributed by atoms with Crippen LogP contribution in [0.3, 0.4) is 0 Å². The first-order valence-corrected chi connectivity index (χ1v) is 13.0. The van der Waals surface area contributed by atoms with Crippen molar-refractivity contribution in [2.75, 3.05) is 20.1 Å².